The highest BCUT2D eigenvalue weighted by atomic mass is 16.5. The SMILES string of the molecule is N#Cc1cc(-c2ncnc(Nc3ccc(N4CCN(C5CCOC5)CC4)cc3)n2)ccc1O[C@@H]1CCN(C=O)C1. The Kier molecular flexibility index (Phi) is 7.70. The molecule has 0 spiro atoms. The van der Waals surface area contributed by atoms with Crippen molar-refractivity contribution in [1.82, 2.24) is 24.8 Å². The predicted molar refractivity (Wildman–Crippen MR) is 149 cm³/mol. The number of piperazine rings is 1. The Morgan fingerprint density at radius 3 is 2.62 bits per heavy atom. The maximum absolute atomic E-state index is 11.0. The van der Waals surface area contributed by atoms with Crippen LogP contribution in [0.3, 0.4) is 0 Å². The minimum Gasteiger partial charge on any atom is -0.487 e. The highest BCUT2D eigenvalue weighted by Gasteiger charge is 2.27. The Labute approximate surface area is 233 Å². The van der Waals surface area contributed by atoms with Crippen LogP contribution in [0, 0.1) is 11.3 Å². The molecule has 4 heterocycles. The van der Waals surface area contributed by atoms with Gasteiger partial charge in [0.1, 0.15) is 24.3 Å². The van der Waals surface area contributed by atoms with Crippen LogP contribution >= 0.6 is 0 Å². The quantitative estimate of drug-likeness (QED) is 0.427. The van der Waals surface area contributed by atoms with Gasteiger partial charge in [0.05, 0.1) is 18.7 Å². The molecule has 11 nitrogen and oxygen atoms in total. The Balaban J connectivity index is 1.08. The number of amides is 1. The first-order valence-electron chi connectivity index (χ1n) is 13.7. The van der Waals surface area contributed by atoms with Crippen LogP contribution < -0.4 is 15.0 Å². The van der Waals surface area contributed by atoms with Crippen LogP contribution in [0.25, 0.3) is 11.4 Å². The molecule has 1 amide bonds. The number of likely N-dealkylation sites (tertiary alicyclic amines) is 1. The van der Waals surface area contributed by atoms with E-state index in [9.17, 15) is 10.1 Å². The van der Waals surface area contributed by atoms with E-state index in [0.717, 1.165) is 64.3 Å². The van der Waals surface area contributed by atoms with E-state index in [-0.39, 0.29) is 6.10 Å². The van der Waals surface area contributed by atoms with Gasteiger partial charge in [-0.25, -0.2) is 9.97 Å². The zero-order valence-corrected chi connectivity index (χ0v) is 22.3. The fraction of sp³-hybridized carbons (Fsp3) is 0.414. The minimum absolute atomic E-state index is 0.126. The van der Waals surface area contributed by atoms with Gasteiger partial charge < -0.3 is 24.6 Å². The van der Waals surface area contributed by atoms with Gasteiger partial charge in [0.15, 0.2) is 5.82 Å². The number of carbonyl (C=O) groups is 1. The third-order valence-corrected chi connectivity index (χ3v) is 7.77. The molecule has 0 radical (unpaired) electrons. The van der Waals surface area contributed by atoms with E-state index in [0.29, 0.717) is 47.8 Å². The van der Waals surface area contributed by atoms with E-state index in [1.807, 2.05) is 18.2 Å². The van der Waals surface area contributed by atoms with Gasteiger partial charge in [-0.2, -0.15) is 10.2 Å². The number of hydrogen-bond donors (Lipinski definition) is 1. The van der Waals surface area contributed by atoms with Crippen molar-refractivity contribution in [2.45, 2.75) is 25.0 Å². The zero-order valence-electron chi connectivity index (χ0n) is 22.3. The van der Waals surface area contributed by atoms with Crippen molar-refractivity contribution in [3.8, 4) is 23.2 Å². The molecule has 3 fully saturated rings. The van der Waals surface area contributed by atoms with E-state index >= 15 is 0 Å². The number of aromatic nitrogens is 3. The lowest BCUT2D eigenvalue weighted by molar-refractivity contribution is -0.117. The summed E-state index contributed by atoms with van der Waals surface area (Å²) in [4.78, 5) is 30.8. The average molecular weight is 541 g/mol. The van der Waals surface area contributed by atoms with Crippen molar-refractivity contribution < 1.29 is 14.3 Å². The van der Waals surface area contributed by atoms with E-state index in [4.69, 9.17) is 9.47 Å². The molecule has 6 rings (SSSR count). The second-order valence-electron chi connectivity index (χ2n) is 10.3. The minimum atomic E-state index is -0.126. The molecule has 1 N–H and O–H groups in total. The van der Waals surface area contributed by atoms with Crippen LogP contribution in [-0.2, 0) is 9.53 Å². The zero-order chi connectivity index (χ0) is 27.3. The Morgan fingerprint density at radius 1 is 1.05 bits per heavy atom. The van der Waals surface area contributed by atoms with Crippen molar-refractivity contribution in [2.75, 3.05) is 62.7 Å². The van der Waals surface area contributed by atoms with Crippen LogP contribution in [0.2, 0.25) is 0 Å². The maximum atomic E-state index is 11.0. The summed E-state index contributed by atoms with van der Waals surface area (Å²) in [7, 11) is 0. The van der Waals surface area contributed by atoms with Gasteiger partial charge in [0.2, 0.25) is 12.4 Å². The monoisotopic (exact) mass is 540 g/mol. The van der Waals surface area contributed by atoms with Crippen LogP contribution in [0.4, 0.5) is 17.3 Å². The summed E-state index contributed by atoms with van der Waals surface area (Å²) in [5.41, 5.74) is 3.16. The first-order valence-corrected chi connectivity index (χ1v) is 13.7. The summed E-state index contributed by atoms with van der Waals surface area (Å²) < 4.78 is 11.6. The Bertz CT molecular complexity index is 1360. The molecule has 1 unspecified atom stereocenters. The van der Waals surface area contributed by atoms with Gasteiger partial charge in [0.25, 0.3) is 0 Å². The number of ether oxygens (including phenoxy) is 2. The molecule has 206 valence electrons. The molecule has 2 atom stereocenters. The van der Waals surface area contributed by atoms with E-state index in [2.05, 4.69) is 48.3 Å². The van der Waals surface area contributed by atoms with E-state index < -0.39 is 0 Å². The third kappa shape index (κ3) is 5.83. The molecule has 1 aromatic heterocycles. The van der Waals surface area contributed by atoms with Crippen molar-refractivity contribution in [3.63, 3.8) is 0 Å². The number of hydrogen-bond acceptors (Lipinski definition) is 10. The van der Waals surface area contributed by atoms with Crippen molar-refractivity contribution >= 4 is 23.7 Å². The van der Waals surface area contributed by atoms with E-state index in [1.165, 1.54) is 12.0 Å². The number of carbonyl (C=O) groups excluding carboxylic acids is 1. The molecule has 40 heavy (non-hydrogen) atoms. The highest BCUT2D eigenvalue weighted by molar-refractivity contribution is 5.64. The molecule has 3 aliphatic rings. The van der Waals surface area contributed by atoms with Crippen molar-refractivity contribution in [2.24, 2.45) is 0 Å². The van der Waals surface area contributed by atoms with Gasteiger partial charge in [-0.05, 0) is 48.9 Å². The van der Waals surface area contributed by atoms with Crippen molar-refractivity contribution in [3.05, 3.63) is 54.4 Å². The van der Waals surface area contributed by atoms with Crippen LogP contribution in [0.5, 0.6) is 5.75 Å². The fourth-order valence-corrected chi connectivity index (χ4v) is 5.52. The summed E-state index contributed by atoms with van der Waals surface area (Å²) in [6.45, 7) is 7.05. The Morgan fingerprint density at radius 2 is 1.90 bits per heavy atom. The largest absolute Gasteiger partial charge is 0.487 e. The smallest absolute Gasteiger partial charge is 0.230 e. The van der Waals surface area contributed by atoms with Gasteiger partial charge in [-0.15, -0.1) is 0 Å². The normalized spacial score (nSPS) is 21.3. The average Bonchev–Trinajstić information content (AvgIpc) is 3.71. The lowest BCUT2D eigenvalue weighted by Crippen LogP contribution is -2.50. The third-order valence-electron chi connectivity index (χ3n) is 7.77. The molecule has 11 heteroatoms. The standard InChI is InChI=1S/C29H32N8O3/c30-16-22-15-21(1-6-27(22)40-26-7-9-35(17-26)20-38)28-31-19-32-29(34-28)33-23-2-4-24(5-3-23)36-10-12-37(13-11-36)25-8-14-39-18-25/h1-6,15,19-20,25-26H,7-14,17-18H2,(H,31,32,33,34)/t25?,26-/m1/s1. The van der Waals surface area contributed by atoms with Gasteiger partial charge >= 0.3 is 0 Å². The molecular formula is C29H32N8O3. The molecule has 3 aliphatic heterocycles. The topological polar surface area (TPSA) is 120 Å². The summed E-state index contributed by atoms with van der Waals surface area (Å²) in [6.07, 6.45) is 4.03. The predicted octanol–water partition coefficient (Wildman–Crippen LogP) is 2.67. The summed E-state index contributed by atoms with van der Waals surface area (Å²) in [5.74, 6) is 1.37. The summed E-state index contributed by atoms with van der Waals surface area (Å²) >= 11 is 0. The molecule has 3 aromatic rings. The number of nitriles is 1. The van der Waals surface area contributed by atoms with Crippen molar-refractivity contribution in [1.29, 1.82) is 5.26 Å². The van der Waals surface area contributed by atoms with Gasteiger partial charge in [0, 0.05) is 68.7 Å². The summed E-state index contributed by atoms with van der Waals surface area (Å²) in [5, 5.41) is 13.0. The second kappa shape index (κ2) is 11.9. The van der Waals surface area contributed by atoms with E-state index in [1.54, 1.807) is 17.0 Å². The first-order chi connectivity index (χ1) is 19.7. The molecule has 0 aliphatic carbocycles. The number of nitrogens with zero attached hydrogens (tertiary/aromatic N) is 7. The lowest BCUT2D eigenvalue weighted by atomic mass is 10.1. The number of benzene rings is 2. The molecule has 3 saturated heterocycles. The highest BCUT2D eigenvalue weighted by Crippen LogP contribution is 2.28. The molecular weight excluding hydrogens is 508 g/mol. The molecule has 2 aromatic carbocycles. The van der Waals surface area contributed by atoms with Crippen LogP contribution in [0.15, 0.2) is 48.8 Å². The second-order valence-corrected chi connectivity index (χ2v) is 10.3. The maximum Gasteiger partial charge on any atom is 0.230 e. The molecule has 0 bridgehead atoms. The van der Waals surface area contributed by atoms with Crippen LogP contribution in [-0.4, -0.2) is 95.8 Å². The van der Waals surface area contributed by atoms with Gasteiger partial charge in [-0.1, -0.05) is 0 Å². The Hall–Kier alpha value is -4.27. The number of nitrogens with one attached hydrogen (secondary N) is 1. The number of anilines is 3. The lowest BCUT2D eigenvalue weighted by Gasteiger charge is -2.38. The van der Waals surface area contributed by atoms with Crippen LogP contribution in [0.1, 0.15) is 18.4 Å². The first kappa shape index (κ1) is 26.0. The number of rotatable bonds is 8. The summed E-state index contributed by atoms with van der Waals surface area (Å²) in [6, 6.07) is 16.4. The van der Waals surface area contributed by atoms with Gasteiger partial charge in [-0.3, -0.25) is 9.69 Å². The fourth-order valence-electron chi connectivity index (χ4n) is 5.52. The molecule has 0 saturated carbocycles.